The molecule has 0 atom stereocenters. The number of carbonyl (C=O) groups is 2. The van der Waals surface area contributed by atoms with Gasteiger partial charge in [0.05, 0.1) is 18.8 Å². The lowest BCUT2D eigenvalue weighted by Gasteiger charge is -2.32. The number of pyridine rings is 1. The summed E-state index contributed by atoms with van der Waals surface area (Å²) < 4.78 is 11.4. The van der Waals surface area contributed by atoms with Crippen molar-refractivity contribution in [2.75, 3.05) is 38.2 Å². The standard InChI is InChI=1S/C24H31ClN4O5/c1-3-33-19-11-16(12-20(23(19)25)34-4-2)15-29-9-7-18(8-10-29)28-21-6-5-17(13-26-21)24(32)27-14-22(30)31/h5-6,11-13,18H,3-4,7-10,14-15H2,1-2H3,(H,26,28)(H,27,32)(H,30,31). The average Bonchev–Trinajstić information content (AvgIpc) is 2.82. The molecule has 2 aromatic rings. The summed E-state index contributed by atoms with van der Waals surface area (Å²) in [6.45, 7) is 7.13. The number of halogens is 1. The maximum atomic E-state index is 11.9. The Labute approximate surface area is 204 Å². The number of rotatable bonds is 11. The molecule has 1 aliphatic rings. The van der Waals surface area contributed by atoms with Crippen LogP contribution in [0.4, 0.5) is 5.82 Å². The zero-order chi connectivity index (χ0) is 24.5. The molecule has 2 heterocycles. The maximum Gasteiger partial charge on any atom is 0.322 e. The molecule has 1 aliphatic heterocycles. The van der Waals surface area contributed by atoms with Gasteiger partial charge >= 0.3 is 5.97 Å². The van der Waals surface area contributed by atoms with Crippen molar-refractivity contribution in [3.8, 4) is 11.5 Å². The SMILES string of the molecule is CCOc1cc(CN2CCC(Nc3ccc(C(=O)NCC(=O)O)cn3)CC2)cc(OCC)c1Cl. The number of benzene rings is 1. The normalized spacial score (nSPS) is 14.4. The van der Waals surface area contributed by atoms with Crippen molar-refractivity contribution in [1.29, 1.82) is 0 Å². The number of carboxylic acids is 1. The number of piperidine rings is 1. The van der Waals surface area contributed by atoms with Crippen LogP contribution in [0.1, 0.15) is 42.6 Å². The van der Waals surface area contributed by atoms with E-state index in [2.05, 4.69) is 20.5 Å². The molecule has 0 unspecified atom stereocenters. The molecule has 1 fully saturated rings. The predicted molar refractivity (Wildman–Crippen MR) is 130 cm³/mol. The molecule has 34 heavy (non-hydrogen) atoms. The first-order chi connectivity index (χ1) is 16.4. The minimum absolute atomic E-state index is 0.277. The predicted octanol–water partition coefficient (Wildman–Crippen LogP) is 3.42. The van der Waals surface area contributed by atoms with E-state index in [0.717, 1.165) is 38.0 Å². The van der Waals surface area contributed by atoms with Crippen molar-refractivity contribution in [1.82, 2.24) is 15.2 Å². The topological polar surface area (TPSA) is 113 Å². The molecule has 10 heteroatoms. The lowest BCUT2D eigenvalue weighted by atomic mass is 10.0. The van der Waals surface area contributed by atoms with Gasteiger partial charge in [0.25, 0.3) is 5.91 Å². The second-order valence-corrected chi connectivity index (χ2v) is 8.35. The quantitative estimate of drug-likeness (QED) is 0.439. The summed E-state index contributed by atoms with van der Waals surface area (Å²) in [6.07, 6.45) is 3.35. The molecule has 0 bridgehead atoms. The number of amides is 1. The van der Waals surface area contributed by atoms with E-state index in [-0.39, 0.29) is 6.04 Å². The van der Waals surface area contributed by atoms with Crippen LogP contribution >= 0.6 is 11.6 Å². The van der Waals surface area contributed by atoms with Crippen LogP contribution in [0.5, 0.6) is 11.5 Å². The summed E-state index contributed by atoms with van der Waals surface area (Å²) >= 11 is 6.41. The van der Waals surface area contributed by atoms with Crippen molar-refractivity contribution in [3.63, 3.8) is 0 Å². The van der Waals surface area contributed by atoms with Crippen LogP contribution < -0.4 is 20.1 Å². The van der Waals surface area contributed by atoms with Gasteiger partial charge in [0.1, 0.15) is 28.9 Å². The summed E-state index contributed by atoms with van der Waals surface area (Å²) in [5.74, 6) is 0.428. The fourth-order valence-electron chi connectivity index (χ4n) is 3.81. The summed E-state index contributed by atoms with van der Waals surface area (Å²) in [6, 6.07) is 7.61. The summed E-state index contributed by atoms with van der Waals surface area (Å²) in [4.78, 5) is 29.2. The molecule has 0 aliphatic carbocycles. The Morgan fingerprint density at radius 2 is 1.79 bits per heavy atom. The van der Waals surface area contributed by atoms with E-state index in [1.54, 1.807) is 12.1 Å². The molecular formula is C24H31ClN4O5. The highest BCUT2D eigenvalue weighted by molar-refractivity contribution is 6.33. The van der Waals surface area contributed by atoms with Crippen LogP contribution in [0.15, 0.2) is 30.5 Å². The lowest BCUT2D eigenvalue weighted by Crippen LogP contribution is -2.38. The van der Waals surface area contributed by atoms with Gasteiger partial charge in [0.2, 0.25) is 0 Å². The fraction of sp³-hybridized carbons (Fsp3) is 0.458. The van der Waals surface area contributed by atoms with Crippen LogP contribution in [0.3, 0.4) is 0 Å². The lowest BCUT2D eigenvalue weighted by molar-refractivity contribution is -0.135. The van der Waals surface area contributed by atoms with E-state index in [4.69, 9.17) is 26.2 Å². The molecule has 3 N–H and O–H groups in total. The number of carboxylic acid groups (broad SMARTS) is 1. The third-order valence-corrected chi connectivity index (χ3v) is 5.81. The van der Waals surface area contributed by atoms with Gasteiger partial charge in [0, 0.05) is 31.9 Å². The van der Waals surface area contributed by atoms with Crippen molar-refractivity contribution in [2.24, 2.45) is 0 Å². The van der Waals surface area contributed by atoms with Gasteiger partial charge in [0.15, 0.2) is 0 Å². The minimum Gasteiger partial charge on any atom is -0.492 e. The average molecular weight is 491 g/mol. The number of anilines is 1. The van der Waals surface area contributed by atoms with Crippen molar-refractivity contribution in [2.45, 2.75) is 39.3 Å². The van der Waals surface area contributed by atoms with E-state index in [9.17, 15) is 9.59 Å². The number of hydrogen-bond acceptors (Lipinski definition) is 7. The number of hydrogen-bond donors (Lipinski definition) is 3. The maximum absolute atomic E-state index is 11.9. The Morgan fingerprint density at radius 3 is 2.32 bits per heavy atom. The first-order valence-corrected chi connectivity index (χ1v) is 11.8. The molecule has 3 rings (SSSR count). The number of nitrogens with zero attached hydrogens (tertiary/aromatic N) is 2. The van der Waals surface area contributed by atoms with E-state index in [1.807, 2.05) is 26.0 Å². The first kappa shape index (κ1) is 25.6. The Balaban J connectivity index is 1.52. The number of carbonyl (C=O) groups excluding carboxylic acids is 1. The molecule has 184 valence electrons. The van der Waals surface area contributed by atoms with E-state index in [0.29, 0.717) is 41.1 Å². The molecule has 1 aromatic heterocycles. The Hall–Kier alpha value is -3.04. The van der Waals surface area contributed by atoms with Gasteiger partial charge in [-0.2, -0.15) is 0 Å². The highest BCUT2D eigenvalue weighted by Crippen LogP contribution is 2.36. The zero-order valence-corrected chi connectivity index (χ0v) is 20.2. The monoisotopic (exact) mass is 490 g/mol. The Bertz CT molecular complexity index is 951. The summed E-state index contributed by atoms with van der Waals surface area (Å²) in [5, 5.41) is 14.9. The molecule has 1 aromatic carbocycles. The number of likely N-dealkylation sites (tertiary alicyclic amines) is 1. The molecular weight excluding hydrogens is 460 g/mol. The molecule has 1 saturated heterocycles. The van der Waals surface area contributed by atoms with Gasteiger partial charge in [-0.25, -0.2) is 4.98 Å². The fourth-order valence-corrected chi connectivity index (χ4v) is 4.03. The van der Waals surface area contributed by atoms with Crippen LogP contribution in [-0.2, 0) is 11.3 Å². The molecule has 0 saturated carbocycles. The van der Waals surface area contributed by atoms with Crippen LogP contribution in [0.2, 0.25) is 5.02 Å². The van der Waals surface area contributed by atoms with Gasteiger partial charge in [-0.15, -0.1) is 0 Å². The Morgan fingerprint density at radius 1 is 1.15 bits per heavy atom. The summed E-state index contributed by atoms with van der Waals surface area (Å²) in [5.41, 5.74) is 1.42. The zero-order valence-electron chi connectivity index (χ0n) is 19.5. The third-order valence-electron chi connectivity index (χ3n) is 5.44. The van der Waals surface area contributed by atoms with Crippen LogP contribution in [0.25, 0.3) is 0 Å². The van der Waals surface area contributed by atoms with Crippen molar-refractivity contribution in [3.05, 3.63) is 46.6 Å². The highest BCUT2D eigenvalue weighted by Gasteiger charge is 2.21. The molecule has 9 nitrogen and oxygen atoms in total. The van der Waals surface area contributed by atoms with Crippen LogP contribution in [-0.4, -0.2) is 65.8 Å². The molecule has 0 radical (unpaired) electrons. The second kappa shape index (κ2) is 12.4. The number of aliphatic carboxylic acids is 1. The first-order valence-electron chi connectivity index (χ1n) is 11.4. The number of nitrogens with one attached hydrogen (secondary N) is 2. The van der Waals surface area contributed by atoms with Gasteiger partial charge < -0.3 is 25.2 Å². The van der Waals surface area contributed by atoms with Crippen molar-refractivity contribution >= 4 is 29.3 Å². The Kier molecular flexibility index (Phi) is 9.35. The minimum atomic E-state index is -1.09. The summed E-state index contributed by atoms with van der Waals surface area (Å²) in [7, 11) is 0. The molecule has 1 amide bonds. The van der Waals surface area contributed by atoms with Crippen LogP contribution in [0, 0.1) is 0 Å². The molecule has 0 spiro atoms. The van der Waals surface area contributed by atoms with E-state index >= 15 is 0 Å². The largest absolute Gasteiger partial charge is 0.492 e. The van der Waals surface area contributed by atoms with Gasteiger partial charge in [-0.05, 0) is 56.5 Å². The van der Waals surface area contributed by atoms with E-state index in [1.165, 1.54) is 6.20 Å². The highest BCUT2D eigenvalue weighted by atomic mass is 35.5. The second-order valence-electron chi connectivity index (χ2n) is 7.98. The van der Waals surface area contributed by atoms with Gasteiger partial charge in [-0.1, -0.05) is 11.6 Å². The smallest absolute Gasteiger partial charge is 0.322 e. The number of ether oxygens (including phenoxy) is 2. The number of aromatic nitrogens is 1. The van der Waals surface area contributed by atoms with Gasteiger partial charge in [-0.3, -0.25) is 14.5 Å². The van der Waals surface area contributed by atoms with Crippen molar-refractivity contribution < 1.29 is 24.2 Å². The van der Waals surface area contributed by atoms with E-state index < -0.39 is 18.4 Å². The third kappa shape index (κ3) is 7.23.